The fourth-order valence-corrected chi connectivity index (χ4v) is 2.97. The minimum absolute atomic E-state index is 0.162. The zero-order valence-electron chi connectivity index (χ0n) is 11.7. The quantitative estimate of drug-likeness (QED) is 0.722. The molecule has 0 saturated heterocycles. The van der Waals surface area contributed by atoms with E-state index >= 15 is 0 Å². The second-order valence-corrected chi connectivity index (χ2v) is 7.19. The smallest absolute Gasteiger partial charge is 0.249 e. The standard InChI is InChI=1S/C16H22NSi/c1-16(2,3)17(18,14-10-6-4-7-11-14)15-12-8-5-9-13-15/h4-13H,1-3,18H3/q+1. The largest absolute Gasteiger partial charge is 0.321 e. The lowest BCUT2D eigenvalue weighted by Gasteiger charge is -2.46. The third-order valence-corrected chi connectivity index (χ3v) is 6.26. The van der Waals surface area contributed by atoms with Crippen molar-refractivity contribution in [3.8, 4) is 0 Å². The average Bonchev–Trinajstić information content (AvgIpc) is 2.38. The summed E-state index contributed by atoms with van der Waals surface area (Å²) >= 11 is 0. The maximum Gasteiger partial charge on any atom is 0.249 e. The minimum atomic E-state index is 0.162. The summed E-state index contributed by atoms with van der Waals surface area (Å²) in [7, 11) is 1.04. The van der Waals surface area contributed by atoms with E-state index in [2.05, 4.69) is 81.4 Å². The molecule has 2 aromatic carbocycles. The zero-order valence-corrected chi connectivity index (χ0v) is 13.7. The van der Waals surface area contributed by atoms with Crippen molar-refractivity contribution in [2.45, 2.75) is 26.3 Å². The van der Waals surface area contributed by atoms with Gasteiger partial charge in [0.2, 0.25) is 10.4 Å². The van der Waals surface area contributed by atoms with Gasteiger partial charge in [-0.25, -0.2) is 0 Å². The SMILES string of the molecule is CC(C)(C)[N+]([SiH3])(c1ccccc1)c1ccccc1. The lowest BCUT2D eigenvalue weighted by Crippen LogP contribution is -2.56. The summed E-state index contributed by atoms with van der Waals surface area (Å²) < 4.78 is 0.939. The molecule has 94 valence electrons. The molecule has 0 bridgehead atoms. The fraction of sp³-hybridized carbons (Fsp3) is 0.250. The summed E-state index contributed by atoms with van der Waals surface area (Å²) in [6.07, 6.45) is 0. The molecule has 2 rings (SSSR count). The Labute approximate surface area is 113 Å². The third kappa shape index (κ3) is 2.14. The fourth-order valence-electron chi connectivity index (χ4n) is 2.38. The van der Waals surface area contributed by atoms with Gasteiger partial charge in [0, 0.05) is 0 Å². The van der Waals surface area contributed by atoms with Gasteiger partial charge in [0.15, 0.2) is 0 Å². The van der Waals surface area contributed by atoms with Crippen molar-refractivity contribution < 1.29 is 0 Å². The highest BCUT2D eigenvalue weighted by Crippen LogP contribution is 2.39. The molecule has 0 atom stereocenters. The number of benzene rings is 2. The third-order valence-electron chi connectivity index (χ3n) is 3.89. The second-order valence-electron chi connectivity index (χ2n) is 5.85. The molecule has 0 N–H and O–H groups in total. The first-order valence-corrected chi connectivity index (χ1v) is 7.33. The molecule has 18 heavy (non-hydrogen) atoms. The van der Waals surface area contributed by atoms with Crippen molar-refractivity contribution in [1.82, 2.24) is 4.15 Å². The van der Waals surface area contributed by atoms with Gasteiger partial charge in [0.1, 0.15) is 11.4 Å². The van der Waals surface area contributed by atoms with E-state index in [1.807, 2.05) is 0 Å². The monoisotopic (exact) mass is 256 g/mol. The predicted molar refractivity (Wildman–Crippen MR) is 84.0 cm³/mol. The van der Waals surface area contributed by atoms with Crippen LogP contribution in [0, 0.1) is 0 Å². The lowest BCUT2D eigenvalue weighted by atomic mass is 10.0. The Bertz CT molecular complexity index is 460. The summed E-state index contributed by atoms with van der Waals surface area (Å²) in [5.74, 6) is 0. The van der Waals surface area contributed by atoms with E-state index in [4.69, 9.17) is 0 Å². The molecule has 0 aliphatic carbocycles. The number of quaternary nitrogens is 1. The van der Waals surface area contributed by atoms with Crippen LogP contribution < -0.4 is 4.15 Å². The molecular formula is C16H22NSi+. The Morgan fingerprint density at radius 1 is 0.722 bits per heavy atom. The highest BCUT2D eigenvalue weighted by atomic mass is 28.2. The van der Waals surface area contributed by atoms with Crippen LogP contribution in [0.2, 0.25) is 0 Å². The van der Waals surface area contributed by atoms with Gasteiger partial charge >= 0.3 is 0 Å². The van der Waals surface area contributed by atoms with Crippen LogP contribution in [0.25, 0.3) is 0 Å². The van der Waals surface area contributed by atoms with E-state index in [0.717, 1.165) is 14.6 Å². The van der Waals surface area contributed by atoms with Crippen molar-refractivity contribution in [3.05, 3.63) is 60.7 Å². The number of hydrogen-bond acceptors (Lipinski definition) is 0. The van der Waals surface area contributed by atoms with E-state index in [1.165, 1.54) is 11.4 Å². The molecule has 2 aromatic rings. The van der Waals surface area contributed by atoms with E-state index < -0.39 is 0 Å². The van der Waals surface area contributed by atoms with Gasteiger partial charge in [-0.3, -0.25) is 0 Å². The summed E-state index contributed by atoms with van der Waals surface area (Å²) in [5.41, 5.74) is 2.92. The van der Waals surface area contributed by atoms with Crippen molar-refractivity contribution in [1.29, 1.82) is 0 Å². The van der Waals surface area contributed by atoms with Gasteiger partial charge in [-0.1, -0.05) is 36.4 Å². The molecule has 0 aliphatic heterocycles. The molecule has 0 unspecified atom stereocenters. The molecule has 0 radical (unpaired) electrons. The first-order valence-electron chi connectivity index (χ1n) is 6.44. The molecule has 0 aromatic heterocycles. The van der Waals surface area contributed by atoms with Crippen LogP contribution >= 0.6 is 0 Å². The first-order chi connectivity index (χ1) is 8.46. The highest BCUT2D eigenvalue weighted by Gasteiger charge is 2.38. The first kappa shape index (κ1) is 13.1. The van der Waals surface area contributed by atoms with Crippen LogP contribution in [-0.4, -0.2) is 15.9 Å². The van der Waals surface area contributed by atoms with E-state index in [-0.39, 0.29) is 5.54 Å². The summed E-state index contributed by atoms with van der Waals surface area (Å²) in [6, 6.07) is 21.7. The van der Waals surface area contributed by atoms with Gasteiger partial charge < -0.3 is 4.15 Å². The van der Waals surface area contributed by atoms with Crippen LogP contribution in [0.4, 0.5) is 11.4 Å². The summed E-state index contributed by atoms with van der Waals surface area (Å²) in [6.45, 7) is 6.96. The van der Waals surface area contributed by atoms with Crippen LogP contribution in [0.5, 0.6) is 0 Å². The molecule has 2 heteroatoms. The second kappa shape index (κ2) is 4.71. The van der Waals surface area contributed by atoms with E-state index in [0.29, 0.717) is 0 Å². The molecule has 0 heterocycles. The molecular weight excluding hydrogens is 234 g/mol. The van der Waals surface area contributed by atoms with Gasteiger partial charge in [0.25, 0.3) is 0 Å². The van der Waals surface area contributed by atoms with Gasteiger partial charge in [-0.15, -0.1) is 0 Å². The summed E-state index contributed by atoms with van der Waals surface area (Å²) in [5, 5.41) is 0. The van der Waals surface area contributed by atoms with Gasteiger partial charge in [0.05, 0.1) is 5.54 Å². The number of nitrogens with zero attached hydrogens (tertiary/aromatic N) is 1. The van der Waals surface area contributed by atoms with Gasteiger partial charge in [-0.05, 0) is 45.0 Å². The van der Waals surface area contributed by atoms with Crippen LogP contribution in [0.15, 0.2) is 60.7 Å². The van der Waals surface area contributed by atoms with Crippen molar-refractivity contribution >= 4 is 21.8 Å². The van der Waals surface area contributed by atoms with E-state index in [9.17, 15) is 0 Å². The minimum Gasteiger partial charge on any atom is -0.321 e. The highest BCUT2D eigenvalue weighted by molar-refractivity contribution is 6.18. The molecule has 0 saturated carbocycles. The maximum absolute atomic E-state index is 2.32. The Balaban J connectivity index is 2.63. The normalized spacial score (nSPS) is 12.6. The molecule has 0 spiro atoms. The van der Waals surface area contributed by atoms with Crippen LogP contribution in [0.3, 0.4) is 0 Å². The molecule has 0 fully saturated rings. The Morgan fingerprint density at radius 3 is 1.33 bits per heavy atom. The predicted octanol–water partition coefficient (Wildman–Crippen LogP) is 3.40. The zero-order chi connectivity index (χ0) is 13.2. The Morgan fingerprint density at radius 2 is 1.06 bits per heavy atom. The summed E-state index contributed by atoms with van der Waals surface area (Å²) in [4.78, 5) is 0. The van der Waals surface area contributed by atoms with Crippen LogP contribution in [-0.2, 0) is 0 Å². The lowest BCUT2D eigenvalue weighted by molar-refractivity contribution is 0.340. The molecule has 1 nitrogen and oxygen atoms in total. The maximum atomic E-state index is 2.32. The molecule has 0 aliphatic rings. The number of para-hydroxylation sites is 2. The van der Waals surface area contributed by atoms with Crippen molar-refractivity contribution in [2.75, 3.05) is 0 Å². The average molecular weight is 256 g/mol. The molecule has 0 amide bonds. The topological polar surface area (TPSA) is 0 Å². The number of rotatable bonds is 2. The van der Waals surface area contributed by atoms with Crippen molar-refractivity contribution in [2.24, 2.45) is 0 Å². The number of hydrogen-bond donors (Lipinski definition) is 0. The van der Waals surface area contributed by atoms with E-state index in [1.54, 1.807) is 0 Å². The van der Waals surface area contributed by atoms with Gasteiger partial charge in [-0.2, -0.15) is 0 Å². The van der Waals surface area contributed by atoms with Crippen molar-refractivity contribution in [3.63, 3.8) is 0 Å². The van der Waals surface area contributed by atoms with Crippen LogP contribution in [0.1, 0.15) is 20.8 Å². The Kier molecular flexibility index (Phi) is 3.42. The Hall–Kier alpha value is -1.38.